The van der Waals surface area contributed by atoms with Gasteiger partial charge in [-0.2, -0.15) is 4.98 Å². The van der Waals surface area contributed by atoms with Crippen LogP contribution in [0.5, 0.6) is 5.75 Å². The zero-order chi connectivity index (χ0) is 18.9. The van der Waals surface area contributed by atoms with Crippen LogP contribution in [0.1, 0.15) is 17.4 Å². The molecule has 0 saturated carbocycles. The smallest absolute Gasteiger partial charge is 0.276 e. The Bertz CT molecular complexity index is 1090. The monoisotopic (exact) mass is 376 g/mol. The predicted molar refractivity (Wildman–Crippen MR) is 97.1 cm³/mol. The quantitative estimate of drug-likeness (QED) is 0.536. The van der Waals surface area contributed by atoms with Crippen molar-refractivity contribution in [3.05, 3.63) is 59.9 Å². The molecule has 4 heterocycles. The van der Waals surface area contributed by atoms with Crippen LogP contribution in [0.4, 0.5) is 0 Å². The van der Waals surface area contributed by atoms with Crippen molar-refractivity contribution < 1.29 is 14.0 Å². The molecule has 0 saturated heterocycles. The third-order valence-electron chi connectivity index (χ3n) is 4.61. The molecule has 9 heteroatoms. The predicted octanol–water partition coefficient (Wildman–Crippen LogP) is 2.67. The fourth-order valence-corrected chi connectivity index (χ4v) is 3.12. The van der Waals surface area contributed by atoms with Gasteiger partial charge in [0.2, 0.25) is 5.82 Å². The molecule has 1 aliphatic heterocycles. The lowest BCUT2D eigenvalue weighted by Gasteiger charge is -2.24. The van der Waals surface area contributed by atoms with E-state index in [-0.39, 0.29) is 6.10 Å². The van der Waals surface area contributed by atoms with Gasteiger partial charge in [0.1, 0.15) is 17.5 Å². The zero-order valence-electron chi connectivity index (χ0n) is 15.0. The summed E-state index contributed by atoms with van der Waals surface area (Å²) in [5, 5.41) is 12.5. The number of fused-ring (bicyclic) bond motifs is 1. The lowest BCUT2D eigenvalue weighted by Crippen LogP contribution is -2.22. The van der Waals surface area contributed by atoms with Gasteiger partial charge in [0.25, 0.3) is 5.89 Å². The first-order chi connectivity index (χ1) is 13.8. The Labute approximate surface area is 159 Å². The summed E-state index contributed by atoms with van der Waals surface area (Å²) in [5.41, 5.74) is 3.04. The topological polar surface area (TPSA) is 101 Å². The number of hydrogen-bond acceptors (Lipinski definition) is 8. The zero-order valence-corrected chi connectivity index (χ0v) is 15.0. The van der Waals surface area contributed by atoms with Crippen molar-refractivity contribution >= 4 is 0 Å². The first-order valence-corrected chi connectivity index (χ1v) is 8.75. The standard InChI is InChI=1S/C19H16N6O3/c1-26-13-7-5-12(6-8-13)16-10-25-15(11-27-16)17(22-24-25)18-21-19(28-23-18)14-4-2-3-9-20-14/h2-9,16H,10-11H2,1H3. The molecule has 9 nitrogen and oxygen atoms in total. The van der Waals surface area contributed by atoms with Gasteiger partial charge in [0.05, 0.1) is 26.0 Å². The first kappa shape index (κ1) is 16.6. The second-order valence-corrected chi connectivity index (χ2v) is 6.28. The molecule has 1 aromatic carbocycles. The number of benzene rings is 1. The molecule has 0 amide bonds. The normalized spacial score (nSPS) is 16.0. The van der Waals surface area contributed by atoms with Crippen LogP contribution >= 0.6 is 0 Å². The summed E-state index contributed by atoms with van der Waals surface area (Å²) in [6, 6.07) is 13.3. The lowest BCUT2D eigenvalue weighted by molar-refractivity contribution is -0.00114. The first-order valence-electron chi connectivity index (χ1n) is 8.75. The minimum atomic E-state index is -0.109. The molecular formula is C19H16N6O3. The van der Waals surface area contributed by atoms with Gasteiger partial charge in [-0.15, -0.1) is 5.10 Å². The highest BCUT2D eigenvalue weighted by Crippen LogP contribution is 2.31. The number of nitrogens with zero attached hydrogens (tertiary/aromatic N) is 6. The lowest BCUT2D eigenvalue weighted by atomic mass is 10.1. The molecule has 140 valence electrons. The minimum Gasteiger partial charge on any atom is -0.497 e. The van der Waals surface area contributed by atoms with Crippen LogP contribution in [-0.4, -0.2) is 37.2 Å². The number of hydrogen-bond donors (Lipinski definition) is 0. The SMILES string of the molecule is COc1ccc(C2Cn3nnc(-c4noc(-c5ccccn5)n4)c3CO2)cc1. The Morgan fingerprint density at radius 1 is 1.14 bits per heavy atom. The summed E-state index contributed by atoms with van der Waals surface area (Å²) in [7, 11) is 1.65. The van der Waals surface area contributed by atoms with Crippen LogP contribution in [0, 0.1) is 0 Å². The van der Waals surface area contributed by atoms with Gasteiger partial charge in [-0.3, -0.25) is 4.98 Å². The highest BCUT2D eigenvalue weighted by Gasteiger charge is 2.27. The average Bonchev–Trinajstić information content (AvgIpc) is 3.41. The second-order valence-electron chi connectivity index (χ2n) is 6.28. The molecule has 1 atom stereocenters. The number of methoxy groups -OCH3 is 1. The van der Waals surface area contributed by atoms with Crippen molar-refractivity contribution in [3.63, 3.8) is 0 Å². The Kier molecular flexibility index (Phi) is 4.06. The Hall–Kier alpha value is -3.59. The van der Waals surface area contributed by atoms with Crippen LogP contribution in [0.3, 0.4) is 0 Å². The van der Waals surface area contributed by atoms with E-state index < -0.39 is 0 Å². The van der Waals surface area contributed by atoms with E-state index in [1.807, 2.05) is 41.1 Å². The molecule has 1 unspecified atom stereocenters. The highest BCUT2D eigenvalue weighted by molar-refractivity contribution is 5.56. The van der Waals surface area contributed by atoms with E-state index in [0.717, 1.165) is 17.0 Å². The largest absolute Gasteiger partial charge is 0.497 e. The Morgan fingerprint density at radius 3 is 2.82 bits per heavy atom. The maximum absolute atomic E-state index is 6.04. The second kappa shape index (κ2) is 6.86. The van der Waals surface area contributed by atoms with Gasteiger partial charge in [0.15, 0.2) is 5.69 Å². The van der Waals surface area contributed by atoms with E-state index in [1.165, 1.54) is 0 Å². The van der Waals surface area contributed by atoms with Gasteiger partial charge < -0.3 is 14.0 Å². The van der Waals surface area contributed by atoms with Crippen LogP contribution in [0.15, 0.2) is 53.2 Å². The molecular weight excluding hydrogens is 360 g/mol. The molecule has 0 bridgehead atoms. The Balaban J connectivity index is 1.39. The van der Waals surface area contributed by atoms with E-state index >= 15 is 0 Å². The van der Waals surface area contributed by atoms with E-state index in [4.69, 9.17) is 14.0 Å². The molecule has 0 N–H and O–H groups in total. The number of aromatic nitrogens is 6. The average molecular weight is 376 g/mol. The van der Waals surface area contributed by atoms with Crippen molar-refractivity contribution in [2.24, 2.45) is 0 Å². The fourth-order valence-electron chi connectivity index (χ4n) is 3.12. The molecule has 4 aromatic rings. The van der Waals surface area contributed by atoms with Crippen molar-refractivity contribution in [2.45, 2.75) is 19.3 Å². The molecule has 5 rings (SSSR count). The van der Waals surface area contributed by atoms with Crippen LogP contribution < -0.4 is 4.74 Å². The van der Waals surface area contributed by atoms with Crippen molar-refractivity contribution in [3.8, 4) is 28.9 Å². The van der Waals surface area contributed by atoms with Crippen molar-refractivity contribution in [1.29, 1.82) is 0 Å². The minimum absolute atomic E-state index is 0.109. The van der Waals surface area contributed by atoms with E-state index in [2.05, 4.69) is 25.4 Å². The number of ether oxygens (including phenoxy) is 2. The van der Waals surface area contributed by atoms with Gasteiger partial charge >= 0.3 is 0 Å². The maximum Gasteiger partial charge on any atom is 0.276 e. The summed E-state index contributed by atoms with van der Waals surface area (Å²) in [6.07, 6.45) is 1.56. The van der Waals surface area contributed by atoms with Crippen molar-refractivity contribution in [1.82, 2.24) is 30.1 Å². The molecule has 28 heavy (non-hydrogen) atoms. The summed E-state index contributed by atoms with van der Waals surface area (Å²) in [6.45, 7) is 0.909. The van der Waals surface area contributed by atoms with Crippen LogP contribution in [0.2, 0.25) is 0 Å². The maximum atomic E-state index is 6.04. The molecule has 0 spiro atoms. The summed E-state index contributed by atoms with van der Waals surface area (Å²) in [5.74, 6) is 1.52. The molecule has 0 fully saturated rings. The van der Waals surface area contributed by atoms with E-state index in [9.17, 15) is 0 Å². The molecule has 1 aliphatic rings. The number of rotatable bonds is 4. The summed E-state index contributed by atoms with van der Waals surface area (Å²) >= 11 is 0. The van der Waals surface area contributed by atoms with Gasteiger partial charge in [-0.1, -0.05) is 28.6 Å². The van der Waals surface area contributed by atoms with E-state index in [1.54, 1.807) is 19.4 Å². The third-order valence-corrected chi connectivity index (χ3v) is 4.61. The summed E-state index contributed by atoms with van der Waals surface area (Å²) < 4.78 is 18.4. The van der Waals surface area contributed by atoms with Gasteiger partial charge in [-0.05, 0) is 29.8 Å². The van der Waals surface area contributed by atoms with Crippen LogP contribution in [-0.2, 0) is 17.9 Å². The summed E-state index contributed by atoms with van der Waals surface area (Å²) in [4.78, 5) is 8.62. The fraction of sp³-hybridized carbons (Fsp3) is 0.211. The molecule has 0 aliphatic carbocycles. The van der Waals surface area contributed by atoms with Crippen molar-refractivity contribution in [2.75, 3.05) is 7.11 Å². The Morgan fingerprint density at radius 2 is 2.04 bits per heavy atom. The van der Waals surface area contributed by atoms with Gasteiger partial charge in [0, 0.05) is 6.20 Å². The van der Waals surface area contributed by atoms with Crippen LogP contribution in [0.25, 0.3) is 23.1 Å². The molecule has 0 radical (unpaired) electrons. The highest BCUT2D eigenvalue weighted by atomic mass is 16.5. The third kappa shape index (κ3) is 2.91. The number of pyridine rings is 1. The van der Waals surface area contributed by atoms with Gasteiger partial charge in [-0.25, -0.2) is 4.68 Å². The molecule has 3 aromatic heterocycles. The van der Waals surface area contributed by atoms with E-state index in [0.29, 0.717) is 36.3 Å².